The molecular formula is C16H22N2O3. The first-order valence-electron chi connectivity index (χ1n) is 7.34. The van der Waals surface area contributed by atoms with Gasteiger partial charge in [0.05, 0.1) is 5.56 Å². The van der Waals surface area contributed by atoms with Gasteiger partial charge in [-0.2, -0.15) is 0 Å². The fraction of sp³-hybridized carbons (Fsp3) is 0.500. The van der Waals surface area contributed by atoms with E-state index in [1.165, 1.54) is 6.92 Å². The summed E-state index contributed by atoms with van der Waals surface area (Å²) in [6.07, 6.45) is 0. The summed E-state index contributed by atoms with van der Waals surface area (Å²) < 4.78 is 5.54. The lowest BCUT2D eigenvalue weighted by Crippen LogP contribution is -2.49. The molecule has 1 aromatic rings. The third kappa shape index (κ3) is 4.04. The molecule has 2 rings (SSSR count). The number of Topliss-reactive ketones (excluding diaryl/α,β-unsaturated/α-hetero) is 1. The van der Waals surface area contributed by atoms with Crippen molar-refractivity contribution in [2.45, 2.75) is 13.8 Å². The summed E-state index contributed by atoms with van der Waals surface area (Å²) in [7, 11) is 0. The van der Waals surface area contributed by atoms with Crippen LogP contribution in [0.2, 0.25) is 0 Å². The van der Waals surface area contributed by atoms with Gasteiger partial charge in [-0.05, 0) is 25.6 Å². The molecule has 1 fully saturated rings. The number of piperazine rings is 1. The third-order valence-corrected chi connectivity index (χ3v) is 3.79. The van der Waals surface area contributed by atoms with Crippen LogP contribution in [-0.4, -0.2) is 60.8 Å². The highest BCUT2D eigenvalue weighted by Crippen LogP contribution is 2.18. The van der Waals surface area contributed by atoms with Gasteiger partial charge < -0.3 is 14.5 Å². The fourth-order valence-electron chi connectivity index (χ4n) is 2.43. The van der Waals surface area contributed by atoms with E-state index >= 15 is 0 Å². The summed E-state index contributed by atoms with van der Waals surface area (Å²) in [6.45, 7) is 7.92. The Morgan fingerprint density at radius 1 is 1.14 bits per heavy atom. The van der Waals surface area contributed by atoms with Crippen molar-refractivity contribution in [3.05, 3.63) is 29.8 Å². The molecule has 114 valence electrons. The molecule has 0 N–H and O–H groups in total. The van der Waals surface area contributed by atoms with Crippen LogP contribution in [0, 0.1) is 0 Å². The molecule has 0 spiro atoms. The Labute approximate surface area is 125 Å². The van der Waals surface area contributed by atoms with Gasteiger partial charge in [-0.15, -0.1) is 0 Å². The summed E-state index contributed by atoms with van der Waals surface area (Å²) in [4.78, 5) is 27.8. The highest BCUT2D eigenvalue weighted by atomic mass is 16.5. The number of rotatable bonds is 5. The van der Waals surface area contributed by atoms with Crippen molar-refractivity contribution < 1.29 is 14.3 Å². The molecule has 5 nitrogen and oxygen atoms in total. The molecule has 1 saturated heterocycles. The van der Waals surface area contributed by atoms with E-state index in [9.17, 15) is 9.59 Å². The van der Waals surface area contributed by atoms with Gasteiger partial charge in [-0.1, -0.05) is 19.1 Å². The molecule has 1 aromatic carbocycles. The van der Waals surface area contributed by atoms with Crippen LogP contribution in [0.4, 0.5) is 0 Å². The summed E-state index contributed by atoms with van der Waals surface area (Å²) in [5, 5.41) is 0. The van der Waals surface area contributed by atoms with Crippen molar-refractivity contribution in [3.8, 4) is 5.75 Å². The monoisotopic (exact) mass is 290 g/mol. The second-order valence-corrected chi connectivity index (χ2v) is 5.16. The van der Waals surface area contributed by atoms with E-state index < -0.39 is 0 Å². The number of amides is 1. The first kappa shape index (κ1) is 15.5. The van der Waals surface area contributed by atoms with Gasteiger partial charge in [0, 0.05) is 26.2 Å². The molecule has 0 atom stereocenters. The molecule has 1 amide bonds. The quantitative estimate of drug-likeness (QED) is 0.770. The minimum atomic E-state index is -0.0605. The Morgan fingerprint density at radius 3 is 2.43 bits per heavy atom. The van der Waals surface area contributed by atoms with Crippen LogP contribution < -0.4 is 4.74 Å². The SMILES string of the molecule is CCN1CCN(C(=O)COc2ccccc2C(C)=O)CC1. The van der Waals surface area contributed by atoms with E-state index in [4.69, 9.17) is 4.74 Å². The van der Waals surface area contributed by atoms with Crippen LogP contribution in [0.25, 0.3) is 0 Å². The molecule has 0 unspecified atom stereocenters. The third-order valence-electron chi connectivity index (χ3n) is 3.79. The lowest BCUT2D eigenvalue weighted by atomic mass is 10.1. The van der Waals surface area contributed by atoms with Crippen molar-refractivity contribution in [3.63, 3.8) is 0 Å². The van der Waals surface area contributed by atoms with Gasteiger partial charge in [-0.25, -0.2) is 0 Å². The first-order chi connectivity index (χ1) is 10.1. The van der Waals surface area contributed by atoms with Crippen molar-refractivity contribution >= 4 is 11.7 Å². The van der Waals surface area contributed by atoms with Crippen LogP contribution in [0.5, 0.6) is 5.75 Å². The predicted molar refractivity (Wildman–Crippen MR) is 80.6 cm³/mol. The number of ether oxygens (including phenoxy) is 1. The molecule has 0 bridgehead atoms. The molecule has 21 heavy (non-hydrogen) atoms. The van der Waals surface area contributed by atoms with Gasteiger partial charge in [0.1, 0.15) is 5.75 Å². The smallest absolute Gasteiger partial charge is 0.260 e. The predicted octanol–water partition coefficient (Wildman–Crippen LogP) is 1.43. The molecule has 1 heterocycles. The molecule has 0 radical (unpaired) electrons. The first-order valence-corrected chi connectivity index (χ1v) is 7.34. The molecule has 0 saturated carbocycles. The van der Waals surface area contributed by atoms with E-state index in [1.54, 1.807) is 24.3 Å². The molecule has 1 aliphatic rings. The molecule has 0 aliphatic carbocycles. The lowest BCUT2D eigenvalue weighted by molar-refractivity contribution is -0.135. The number of hydrogen-bond donors (Lipinski definition) is 0. The Hall–Kier alpha value is -1.88. The summed E-state index contributed by atoms with van der Waals surface area (Å²) >= 11 is 0. The van der Waals surface area contributed by atoms with Crippen LogP contribution >= 0.6 is 0 Å². The largest absolute Gasteiger partial charge is 0.483 e. The van der Waals surface area contributed by atoms with Gasteiger partial charge >= 0.3 is 0 Å². The maximum Gasteiger partial charge on any atom is 0.260 e. The Morgan fingerprint density at radius 2 is 1.81 bits per heavy atom. The number of benzene rings is 1. The summed E-state index contributed by atoms with van der Waals surface area (Å²) in [5.74, 6) is 0.393. The number of hydrogen-bond acceptors (Lipinski definition) is 4. The zero-order valence-corrected chi connectivity index (χ0v) is 12.7. The van der Waals surface area contributed by atoms with E-state index in [1.807, 2.05) is 4.90 Å². The maximum atomic E-state index is 12.1. The van der Waals surface area contributed by atoms with Gasteiger partial charge in [0.15, 0.2) is 12.4 Å². The fourth-order valence-corrected chi connectivity index (χ4v) is 2.43. The Bertz CT molecular complexity index is 508. The number of likely N-dealkylation sites (N-methyl/N-ethyl adjacent to an activating group) is 1. The van der Waals surface area contributed by atoms with Crippen LogP contribution in [0.1, 0.15) is 24.2 Å². The standard InChI is InChI=1S/C16H22N2O3/c1-3-17-8-10-18(11-9-17)16(20)12-21-15-7-5-4-6-14(15)13(2)19/h4-7H,3,8-12H2,1-2H3. The summed E-state index contributed by atoms with van der Waals surface area (Å²) in [5.41, 5.74) is 0.515. The van der Waals surface area contributed by atoms with Crippen LogP contribution in [-0.2, 0) is 4.79 Å². The molecule has 5 heteroatoms. The lowest BCUT2D eigenvalue weighted by Gasteiger charge is -2.34. The second kappa shape index (κ2) is 7.22. The van der Waals surface area contributed by atoms with Crippen molar-refractivity contribution in [1.82, 2.24) is 9.80 Å². The Kier molecular flexibility index (Phi) is 5.33. The van der Waals surface area contributed by atoms with E-state index in [2.05, 4.69) is 11.8 Å². The van der Waals surface area contributed by atoms with Crippen molar-refractivity contribution in [1.29, 1.82) is 0 Å². The molecule has 0 aromatic heterocycles. The summed E-state index contributed by atoms with van der Waals surface area (Å²) in [6, 6.07) is 7.02. The average Bonchev–Trinajstić information content (AvgIpc) is 2.52. The van der Waals surface area contributed by atoms with Crippen LogP contribution in [0.15, 0.2) is 24.3 Å². The topological polar surface area (TPSA) is 49.9 Å². The minimum absolute atomic E-state index is 0.0174. The number of ketones is 1. The molecular weight excluding hydrogens is 268 g/mol. The van der Waals surface area contributed by atoms with E-state index in [0.29, 0.717) is 11.3 Å². The zero-order chi connectivity index (χ0) is 15.2. The van der Waals surface area contributed by atoms with Crippen molar-refractivity contribution in [2.75, 3.05) is 39.3 Å². The maximum absolute atomic E-state index is 12.1. The normalized spacial score (nSPS) is 15.8. The highest BCUT2D eigenvalue weighted by molar-refractivity contribution is 5.96. The number of para-hydroxylation sites is 1. The van der Waals surface area contributed by atoms with Crippen molar-refractivity contribution in [2.24, 2.45) is 0 Å². The number of nitrogens with zero attached hydrogens (tertiary/aromatic N) is 2. The highest BCUT2D eigenvalue weighted by Gasteiger charge is 2.20. The number of carbonyl (C=O) groups is 2. The zero-order valence-electron chi connectivity index (χ0n) is 12.7. The van der Waals surface area contributed by atoms with Gasteiger partial charge in [0.2, 0.25) is 0 Å². The van der Waals surface area contributed by atoms with Crippen LogP contribution in [0.3, 0.4) is 0 Å². The number of carbonyl (C=O) groups excluding carboxylic acids is 2. The minimum Gasteiger partial charge on any atom is -0.483 e. The van der Waals surface area contributed by atoms with E-state index in [0.717, 1.165) is 32.7 Å². The van der Waals surface area contributed by atoms with Gasteiger partial charge in [-0.3, -0.25) is 9.59 Å². The Balaban J connectivity index is 1.89. The van der Waals surface area contributed by atoms with Gasteiger partial charge in [0.25, 0.3) is 5.91 Å². The second-order valence-electron chi connectivity index (χ2n) is 5.16. The average molecular weight is 290 g/mol. The van der Waals surface area contributed by atoms with E-state index in [-0.39, 0.29) is 18.3 Å². The molecule has 1 aliphatic heterocycles.